The molecule has 3 rings (SSSR count). The first-order valence-electron chi connectivity index (χ1n) is 7.21. The Morgan fingerprint density at radius 1 is 1.32 bits per heavy atom. The van der Waals surface area contributed by atoms with E-state index in [9.17, 15) is 9.59 Å². The van der Waals surface area contributed by atoms with Crippen molar-refractivity contribution in [2.24, 2.45) is 0 Å². The molecule has 2 heterocycles. The number of carboxylic acids is 1. The van der Waals surface area contributed by atoms with Gasteiger partial charge < -0.3 is 19.7 Å². The van der Waals surface area contributed by atoms with Gasteiger partial charge in [0, 0.05) is 17.4 Å². The average Bonchev–Trinajstić information content (AvgIpc) is 2.88. The highest BCUT2D eigenvalue weighted by atomic mass is 16.5. The number of hydrogen-bond donors (Lipinski definition) is 2. The van der Waals surface area contributed by atoms with Crippen LogP contribution in [0.15, 0.2) is 24.3 Å². The lowest BCUT2D eigenvalue weighted by molar-refractivity contribution is -0.160. The van der Waals surface area contributed by atoms with E-state index in [2.05, 4.69) is 4.98 Å². The van der Waals surface area contributed by atoms with Gasteiger partial charge in [-0.1, -0.05) is 12.1 Å². The Kier molecular flexibility index (Phi) is 3.62. The second kappa shape index (κ2) is 5.46. The van der Waals surface area contributed by atoms with Crippen LogP contribution in [0, 0.1) is 6.92 Å². The van der Waals surface area contributed by atoms with Gasteiger partial charge in [0.2, 0.25) is 0 Å². The summed E-state index contributed by atoms with van der Waals surface area (Å²) in [6.45, 7) is 4.21. The zero-order chi connectivity index (χ0) is 15.9. The van der Waals surface area contributed by atoms with Crippen LogP contribution in [-0.4, -0.2) is 52.2 Å². The third-order valence-electron chi connectivity index (χ3n) is 3.83. The number of carbonyl (C=O) groups is 2. The highest BCUT2D eigenvalue weighted by molar-refractivity contribution is 5.98. The van der Waals surface area contributed by atoms with Crippen molar-refractivity contribution in [3.8, 4) is 0 Å². The molecule has 22 heavy (non-hydrogen) atoms. The summed E-state index contributed by atoms with van der Waals surface area (Å²) >= 11 is 0. The summed E-state index contributed by atoms with van der Waals surface area (Å²) in [4.78, 5) is 28.4. The maximum absolute atomic E-state index is 12.6. The molecule has 1 aliphatic heterocycles. The predicted molar refractivity (Wildman–Crippen MR) is 80.9 cm³/mol. The number of hydrogen-bond acceptors (Lipinski definition) is 3. The number of morpholine rings is 1. The monoisotopic (exact) mass is 302 g/mol. The minimum absolute atomic E-state index is 0.0624. The fourth-order valence-electron chi connectivity index (χ4n) is 2.78. The number of carbonyl (C=O) groups excluding carboxylic acids is 1. The van der Waals surface area contributed by atoms with Crippen molar-refractivity contribution < 1.29 is 19.4 Å². The molecule has 2 atom stereocenters. The first-order chi connectivity index (χ1) is 10.4. The molecule has 1 unspecified atom stereocenters. The molecule has 1 aliphatic rings. The normalized spacial score (nSPS) is 22.0. The Balaban J connectivity index is 1.86. The number of carboxylic acid groups (broad SMARTS) is 1. The molecule has 0 spiro atoms. The summed E-state index contributed by atoms with van der Waals surface area (Å²) in [5, 5.41) is 10.1. The van der Waals surface area contributed by atoms with Crippen molar-refractivity contribution in [1.29, 1.82) is 0 Å². The molecule has 0 aliphatic carbocycles. The summed E-state index contributed by atoms with van der Waals surface area (Å²) < 4.78 is 5.34. The van der Waals surface area contributed by atoms with Crippen molar-refractivity contribution in [1.82, 2.24) is 9.88 Å². The number of aryl methyl sites for hydroxylation is 1. The Hall–Kier alpha value is -2.34. The van der Waals surface area contributed by atoms with E-state index in [1.165, 1.54) is 4.90 Å². The number of benzene rings is 1. The SMILES string of the molecule is Cc1ccc2cc(C(=O)N3CC(C(=O)O)O[C@H](C)C3)[nH]c2c1. The maximum Gasteiger partial charge on any atom is 0.334 e. The van der Waals surface area contributed by atoms with Crippen LogP contribution >= 0.6 is 0 Å². The van der Waals surface area contributed by atoms with Crippen LogP contribution in [0.25, 0.3) is 10.9 Å². The molecule has 2 aromatic rings. The number of ether oxygens (including phenoxy) is 1. The highest BCUT2D eigenvalue weighted by Crippen LogP contribution is 2.20. The minimum Gasteiger partial charge on any atom is -0.479 e. The number of aromatic nitrogens is 1. The number of fused-ring (bicyclic) bond motifs is 1. The zero-order valence-electron chi connectivity index (χ0n) is 12.5. The van der Waals surface area contributed by atoms with Gasteiger partial charge in [0.05, 0.1) is 12.6 Å². The molecule has 1 aromatic heterocycles. The lowest BCUT2D eigenvalue weighted by atomic mass is 10.2. The lowest BCUT2D eigenvalue weighted by Gasteiger charge is -2.34. The van der Waals surface area contributed by atoms with Crippen molar-refractivity contribution in [3.05, 3.63) is 35.5 Å². The Bertz CT molecular complexity index is 737. The van der Waals surface area contributed by atoms with Crippen LogP contribution < -0.4 is 0 Å². The summed E-state index contributed by atoms with van der Waals surface area (Å²) in [6.07, 6.45) is -1.27. The molecule has 1 amide bonds. The molecule has 0 radical (unpaired) electrons. The van der Waals surface area contributed by atoms with Gasteiger partial charge in [-0.3, -0.25) is 4.79 Å². The van der Waals surface area contributed by atoms with Gasteiger partial charge in [-0.25, -0.2) is 4.79 Å². The molecule has 0 bridgehead atoms. The van der Waals surface area contributed by atoms with Crippen LogP contribution in [0.2, 0.25) is 0 Å². The third-order valence-corrected chi connectivity index (χ3v) is 3.83. The third kappa shape index (κ3) is 2.69. The van der Waals surface area contributed by atoms with Gasteiger partial charge in [-0.15, -0.1) is 0 Å². The standard InChI is InChI=1S/C16H18N2O4/c1-9-3-4-11-6-13(17-12(11)5-9)15(19)18-7-10(2)22-14(8-18)16(20)21/h3-6,10,14,17H,7-8H2,1-2H3,(H,20,21)/t10-,14?/m1/s1. The van der Waals surface area contributed by atoms with Crippen LogP contribution in [0.4, 0.5) is 0 Å². The van der Waals surface area contributed by atoms with Crippen LogP contribution in [0.3, 0.4) is 0 Å². The van der Waals surface area contributed by atoms with Crippen LogP contribution in [-0.2, 0) is 9.53 Å². The Morgan fingerprint density at radius 3 is 2.82 bits per heavy atom. The number of H-pyrrole nitrogens is 1. The first-order valence-corrected chi connectivity index (χ1v) is 7.21. The molecule has 1 saturated heterocycles. The first kappa shape index (κ1) is 14.6. The molecule has 6 nitrogen and oxygen atoms in total. The molecular formula is C16H18N2O4. The number of amides is 1. The van der Waals surface area contributed by atoms with E-state index in [1.54, 1.807) is 13.0 Å². The van der Waals surface area contributed by atoms with Gasteiger partial charge in [-0.05, 0) is 31.5 Å². The quantitative estimate of drug-likeness (QED) is 0.886. The predicted octanol–water partition coefficient (Wildman–Crippen LogP) is 1.79. The summed E-state index contributed by atoms with van der Waals surface area (Å²) in [7, 11) is 0. The number of nitrogens with one attached hydrogen (secondary N) is 1. The van der Waals surface area contributed by atoms with Gasteiger partial charge in [0.15, 0.2) is 6.10 Å². The highest BCUT2D eigenvalue weighted by Gasteiger charge is 2.33. The fraction of sp³-hybridized carbons (Fsp3) is 0.375. The molecule has 116 valence electrons. The van der Waals surface area contributed by atoms with E-state index in [4.69, 9.17) is 9.84 Å². The van der Waals surface area contributed by atoms with Crippen molar-refractivity contribution in [2.45, 2.75) is 26.1 Å². The molecule has 6 heteroatoms. The van der Waals surface area contributed by atoms with E-state index in [1.807, 2.05) is 25.1 Å². The van der Waals surface area contributed by atoms with Gasteiger partial charge in [0.25, 0.3) is 5.91 Å². The van der Waals surface area contributed by atoms with E-state index in [-0.39, 0.29) is 18.6 Å². The summed E-state index contributed by atoms with van der Waals surface area (Å²) in [5.74, 6) is -1.24. The number of rotatable bonds is 2. The van der Waals surface area contributed by atoms with E-state index < -0.39 is 12.1 Å². The molecule has 1 fully saturated rings. The lowest BCUT2D eigenvalue weighted by Crippen LogP contribution is -2.51. The van der Waals surface area contributed by atoms with Crippen LogP contribution in [0.5, 0.6) is 0 Å². The molecule has 1 aromatic carbocycles. The largest absolute Gasteiger partial charge is 0.479 e. The van der Waals surface area contributed by atoms with E-state index in [0.717, 1.165) is 16.5 Å². The van der Waals surface area contributed by atoms with Crippen molar-refractivity contribution in [3.63, 3.8) is 0 Å². The van der Waals surface area contributed by atoms with Crippen LogP contribution in [0.1, 0.15) is 23.0 Å². The van der Waals surface area contributed by atoms with Crippen molar-refractivity contribution >= 4 is 22.8 Å². The zero-order valence-corrected chi connectivity index (χ0v) is 12.5. The topological polar surface area (TPSA) is 82.6 Å². The second-order valence-electron chi connectivity index (χ2n) is 5.76. The smallest absolute Gasteiger partial charge is 0.334 e. The minimum atomic E-state index is -1.04. The summed E-state index contributed by atoms with van der Waals surface area (Å²) in [5.41, 5.74) is 2.48. The number of nitrogens with zero attached hydrogens (tertiary/aromatic N) is 1. The van der Waals surface area contributed by atoms with E-state index >= 15 is 0 Å². The fourth-order valence-corrected chi connectivity index (χ4v) is 2.78. The average molecular weight is 302 g/mol. The summed E-state index contributed by atoms with van der Waals surface area (Å²) in [6, 6.07) is 7.72. The second-order valence-corrected chi connectivity index (χ2v) is 5.76. The molecule has 2 N–H and O–H groups in total. The molecular weight excluding hydrogens is 284 g/mol. The van der Waals surface area contributed by atoms with Gasteiger partial charge >= 0.3 is 5.97 Å². The molecule has 0 saturated carbocycles. The van der Waals surface area contributed by atoms with Gasteiger partial charge in [0.1, 0.15) is 5.69 Å². The number of aromatic amines is 1. The van der Waals surface area contributed by atoms with Gasteiger partial charge in [-0.2, -0.15) is 0 Å². The number of aliphatic carboxylic acids is 1. The maximum atomic E-state index is 12.6. The Labute approximate surface area is 127 Å². The van der Waals surface area contributed by atoms with Crippen molar-refractivity contribution in [2.75, 3.05) is 13.1 Å². The van der Waals surface area contributed by atoms with E-state index in [0.29, 0.717) is 12.2 Å². The Morgan fingerprint density at radius 2 is 2.09 bits per heavy atom.